The third-order valence-electron chi connectivity index (χ3n) is 6.20. The van der Waals surface area contributed by atoms with Crippen LogP contribution < -0.4 is 9.47 Å². The summed E-state index contributed by atoms with van der Waals surface area (Å²) in [4.78, 5) is 0. The number of aryl methyl sites for hydroxylation is 1. The molecule has 4 aromatic rings. The maximum absolute atomic E-state index is 14.8. The minimum Gasteiger partial charge on any atom is -0.429 e. The molecule has 0 N–H and O–H groups in total. The molecule has 13 heteroatoms. The van der Waals surface area contributed by atoms with Gasteiger partial charge < -0.3 is 9.47 Å². The number of halogens is 11. The van der Waals surface area contributed by atoms with Gasteiger partial charge in [-0.25, -0.2) is 30.7 Å². The van der Waals surface area contributed by atoms with Crippen molar-refractivity contribution in [1.82, 2.24) is 0 Å². The minimum absolute atomic E-state index is 0.0428. The monoisotopic (exact) mass is 620 g/mol. The predicted molar refractivity (Wildman–Crippen MR) is 132 cm³/mol. The van der Waals surface area contributed by atoms with Gasteiger partial charge in [-0.15, -0.1) is 0 Å². The van der Waals surface area contributed by atoms with E-state index in [1.165, 1.54) is 12.1 Å². The van der Waals surface area contributed by atoms with Gasteiger partial charge in [-0.2, -0.15) is 17.6 Å². The molecule has 0 bridgehead atoms. The lowest BCUT2D eigenvalue weighted by atomic mass is 10.0. The van der Waals surface area contributed by atoms with Gasteiger partial charge in [0.15, 0.2) is 17.5 Å². The van der Waals surface area contributed by atoms with E-state index in [4.69, 9.17) is 0 Å². The molecule has 0 aliphatic rings. The second kappa shape index (κ2) is 12.1. The molecule has 228 valence electrons. The van der Waals surface area contributed by atoms with Crippen LogP contribution in [0.4, 0.5) is 48.3 Å². The second-order valence-electron chi connectivity index (χ2n) is 9.32. The van der Waals surface area contributed by atoms with Gasteiger partial charge in [-0.05, 0) is 48.2 Å². The fraction of sp³-hybridized carbons (Fsp3) is 0.200. The molecule has 0 spiro atoms. The summed E-state index contributed by atoms with van der Waals surface area (Å²) in [6.45, 7) is 1.95. The third-order valence-corrected chi connectivity index (χ3v) is 6.20. The van der Waals surface area contributed by atoms with Gasteiger partial charge >= 0.3 is 12.2 Å². The summed E-state index contributed by atoms with van der Waals surface area (Å²) >= 11 is 0. The van der Waals surface area contributed by atoms with Crippen molar-refractivity contribution >= 4 is 0 Å². The first-order valence-corrected chi connectivity index (χ1v) is 12.5. The van der Waals surface area contributed by atoms with Crippen molar-refractivity contribution in [3.63, 3.8) is 0 Å². The minimum atomic E-state index is -4.96. The Kier molecular flexibility index (Phi) is 8.93. The molecule has 0 saturated carbocycles. The molecule has 4 rings (SSSR count). The predicted octanol–water partition coefficient (Wildman–Crippen LogP) is 9.93. The zero-order chi connectivity index (χ0) is 31.7. The molecule has 0 radical (unpaired) electrons. The van der Waals surface area contributed by atoms with Crippen molar-refractivity contribution in [3.8, 4) is 22.6 Å². The smallest absolute Gasteiger partial charge is 0.429 e. The van der Waals surface area contributed by atoms with Crippen LogP contribution in [0.2, 0.25) is 0 Å². The fourth-order valence-corrected chi connectivity index (χ4v) is 4.12. The highest BCUT2D eigenvalue weighted by atomic mass is 19.3. The van der Waals surface area contributed by atoms with Crippen LogP contribution >= 0.6 is 0 Å². The van der Waals surface area contributed by atoms with E-state index in [1.807, 2.05) is 6.92 Å². The third kappa shape index (κ3) is 6.86. The Morgan fingerprint density at radius 3 is 1.53 bits per heavy atom. The Hall–Kier alpha value is -4.29. The van der Waals surface area contributed by atoms with E-state index in [9.17, 15) is 48.3 Å². The molecule has 4 aromatic carbocycles. The average molecular weight is 620 g/mol. The number of benzene rings is 4. The van der Waals surface area contributed by atoms with Crippen molar-refractivity contribution in [1.29, 1.82) is 0 Å². The van der Waals surface area contributed by atoms with Crippen LogP contribution in [0.5, 0.6) is 11.5 Å². The largest absolute Gasteiger partial charge is 0.432 e. The molecule has 0 fully saturated rings. The van der Waals surface area contributed by atoms with Gasteiger partial charge in [-0.1, -0.05) is 25.5 Å². The summed E-state index contributed by atoms with van der Waals surface area (Å²) in [5.41, 5.74) is -4.00. The summed E-state index contributed by atoms with van der Waals surface area (Å²) < 4.78 is 166. The van der Waals surface area contributed by atoms with Crippen molar-refractivity contribution in [3.05, 3.63) is 118 Å². The van der Waals surface area contributed by atoms with Gasteiger partial charge in [0.1, 0.15) is 40.3 Å². The van der Waals surface area contributed by atoms with E-state index < -0.39 is 86.7 Å². The first-order valence-electron chi connectivity index (χ1n) is 12.5. The normalized spacial score (nSPS) is 12.0. The summed E-state index contributed by atoms with van der Waals surface area (Å²) in [5.74, 6) is -15.6. The number of ether oxygens (including phenoxy) is 2. The van der Waals surface area contributed by atoms with E-state index >= 15 is 0 Å². The van der Waals surface area contributed by atoms with Gasteiger partial charge in [0.2, 0.25) is 0 Å². The highest BCUT2D eigenvalue weighted by Gasteiger charge is 2.43. The van der Waals surface area contributed by atoms with Crippen molar-refractivity contribution in [2.45, 2.75) is 38.4 Å². The molecule has 0 aromatic heterocycles. The van der Waals surface area contributed by atoms with Crippen molar-refractivity contribution in [2.75, 3.05) is 0 Å². The van der Waals surface area contributed by atoms with Crippen LogP contribution in [0.3, 0.4) is 0 Å². The van der Waals surface area contributed by atoms with Gasteiger partial charge in [0.05, 0.1) is 11.1 Å². The summed E-state index contributed by atoms with van der Waals surface area (Å²) in [5, 5.41) is 0. The number of unbranched alkanes of at least 4 members (excludes halogenated alkanes) is 1. The van der Waals surface area contributed by atoms with Crippen LogP contribution in [0.15, 0.2) is 60.7 Å². The molecular formula is C30H19F11O2. The van der Waals surface area contributed by atoms with E-state index in [2.05, 4.69) is 9.47 Å². The molecule has 0 amide bonds. The lowest BCUT2D eigenvalue weighted by Crippen LogP contribution is -2.26. The quantitative estimate of drug-likeness (QED) is 0.130. The molecule has 0 aliphatic carbocycles. The molecule has 43 heavy (non-hydrogen) atoms. The first-order chi connectivity index (χ1) is 20.1. The maximum atomic E-state index is 14.8. The van der Waals surface area contributed by atoms with Gasteiger partial charge in [0, 0.05) is 24.3 Å². The van der Waals surface area contributed by atoms with Crippen LogP contribution in [-0.2, 0) is 18.6 Å². The molecule has 2 nitrogen and oxygen atoms in total. The molecule has 0 atom stereocenters. The van der Waals surface area contributed by atoms with Crippen molar-refractivity contribution in [2.24, 2.45) is 0 Å². The van der Waals surface area contributed by atoms with E-state index in [1.54, 1.807) is 0 Å². The summed E-state index contributed by atoms with van der Waals surface area (Å²) in [6, 6.07) is 5.73. The number of alkyl halides is 4. The molecular weight excluding hydrogens is 601 g/mol. The van der Waals surface area contributed by atoms with Crippen molar-refractivity contribution < 1.29 is 57.8 Å². The lowest BCUT2D eigenvalue weighted by molar-refractivity contribution is -0.190. The second-order valence-corrected chi connectivity index (χ2v) is 9.32. The highest BCUT2D eigenvalue weighted by Crippen LogP contribution is 2.40. The fourth-order valence-electron chi connectivity index (χ4n) is 4.12. The Bertz CT molecular complexity index is 1570. The lowest BCUT2D eigenvalue weighted by Gasteiger charge is -2.22. The van der Waals surface area contributed by atoms with Crippen LogP contribution in [0.1, 0.15) is 36.5 Å². The SMILES string of the molecule is CCCCc1ccc(C(F)(F)Oc2cc(F)c(C(F)(F)Oc3cc(F)c(-c4cc(F)c(F)c(F)c4)c(F)c3)c(F)c2)cc1. The topological polar surface area (TPSA) is 18.5 Å². The Morgan fingerprint density at radius 1 is 0.581 bits per heavy atom. The molecule has 0 saturated heterocycles. The number of rotatable bonds is 10. The van der Waals surface area contributed by atoms with E-state index in [-0.39, 0.29) is 36.4 Å². The van der Waals surface area contributed by atoms with Gasteiger partial charge in [-0.3, -0.25) is 0 Å². The average Bonchev–Trinajstić information content (AvgIpc) is 2.89. The van der Waals surface area contributed by atoms with Crippen LogP contribution in [0.25, 0.3) is 11.1 Å². The molecule has 0 unspecified atom stereocenters. The number of hydrogen-bond donors (Lipinski definition) is 0. The Labute approximate surface area is 237 Å². The highest BCUT2D eigenvalue weighted by molar-refractivity contribution is 5.66. The maximum Gasteiger partial charge on any atom is 0.432 e. The zero-order valence-electron chi connectivity index (χ0n) is 21.9. The van der Waals surface area contributed by atoms with Gasteiger partial charge in [0.25, 0.3) is 0 Å². The summed E-state index contributed by atoms with van der Waals surface area (Å²) in [7, 11) is 0. The summed E-state index contributed by atoms with van der Waals surface area (Å²) in [6.07, 6.45) is -6.75. The zero-order valence-corrected chi connectivity index (χ0v) is 21.9. The van der Waals surface area contributed by atoms with Crippen LogP contribution in [-0.4, -0.2) is 0 Å². The Balaban J connectivity index is 1.57. The number of hydrogen-bond acceptors (Lipinski definition) is 2. The molecule has 0 aliphatic heterocycles. The first kappa shape index (κ1) is 31.6. The van der Waals surface area contributed by atoms with E-state index in [0.717, 1.165) is 30.5 Å². The van der Waals surface area contributed by atoms with Crippen LogP contribution in [0, 0.1) is 40.7 Å². The Morgan fingerprint density at radius 2 is 1.05 bits per heavy atom. The molecule has 0 heterocycles. The van der Waals surface area contributed by atoms with E-state index in [0.29, 0.717) is 6.42 Å². The standard InChI is InChI=1S/C30H19F11O2/c1-2-3-4-15-5-7-17(8-6-15)29(38,39)42-19-13-22(33)27(23(34)14-19)30(40,41)43-18-11-20(31)26(21(32)12-18)16-9-24(35)28(37)25(36)10-16/h5-14H,2-4H2,1H3.